The Morgan fingerprint density at radius 1 is 1.32 bits per heavy atom. The van der Waals surface area contributed by atoms with E-state index < -0.39 is 11.4 Å². The number of amides is 2. The van der Waals surface area contributed by atoms with Crippen molar-refractivity contribution in [3.63, 3.8) is 0 Å². The normalized spacial score (nSPS) is 22.9. The summed E-state index contributed by atoms with van der Waals surface area (Å²) in [5.41, 5.74) is -0.746. The highest BCUT2D eigenvalue weighted by Crippen LogP contribution is 2.34. The maximum Gasteiger partial charge on any atom is 0.320 e. The van der Waals surface area contributed by atoms with Crippen molar-refractivity contribution in [2.75, 3.05) is 20.1 Å². The van der Waals surface area contributed by atoms with Crippen molar-refractivity contribution >= 4 is 12.0 Å². The van der Waals surface area contributed by atoms with E-state index in [0.717, 1.165) is 12.8 Å². The van der Waals surface area contributed by atoms with E-state index in [1.165, 1.54) is 0 Å². The molecule has 0 aromatic heterocycles. The maximum atomic E-state index is 12.4. The fraction of sp³-hybridized carbons (Fsp3) is 0.857. The van der Waals surface area contributed by atoms with Gasteiger partial charge >= 0.3 is 12.0 Å². The molecule has 1 fully saturated rings. The first-order chi connectivity index (χ1) is 8.91. The topological polar surface area (TPSA) is 60.9 Å². The number of carboxylic acid groups (broad SMARTS) is 1. The highest BCUT2D eigenvalue weighted by Gasteiger charge is 2.45. The smallest absolute Gasteiger partial charge is 0.320 e. The summed E-state index contributed by atoms with van der Waals surface area (Å²) in [5.74, 6) is -0.782. The molecule has 0 aliphatic carbocycles. The zero-order chi connectivity index (χ0) is 14.6. The molecule has 1 rings (SSSR count). The van der Waals surface area contributed by atoms with Gasteiger partial charge in [-0.05, 0) is 25.7 Å². The lowest BCUT2D eigenvalue weighted by Crippen LogP contribution is -2.46. The van der Waals surface area contributed by atoms with Gasteiger partial charge in [0, 0.05) is 26.2 Å². The third-order valence-electron chi connectivity index (χ3n) is 4.55. The van der Waals surface area contributed by atoms with Crippen molar-refractivity contribution in [3.05, 3.63) is 0 Å². The maximum absolute atomic E-state index is 12.4. The summed E-state index contributed by atoms with van der Waals surface area (Å²) in [6.45, 7) is 6.89. The summed E-state index contributed by atoms with van der Waals surface area (Å²) in [6.07, 6.45) is 2.97. The van der Waals surface area contributed by atoms with Crippen LogP contribution in [0.1, 0.15) is 46.5 Å². The minimum absolute atomic E-state index is 0.0368. The Labute approximate surface area is 115 Å². The minimum atomic E-state index is -0.782. The van der Waals surface area contributed by atoms with Gasteiger partial charge in [-0.1, -0.05) is 20.8 Å². The lowest BCUT2D eigenvalue weighted by atomic mass is 9.84. The number of likely N-dealkylation sites (tertiary alicyclic amines) is 1. The fourth-order valence-corrected chi connectivity index (χ4v) is 2.87. The lowest BCUT2D eigenvalue weighted by molar-refractivity contribution is -0.148. The van der Waals surface area contributed by atoms with Gasteiger partial charge in [-0.3, -0.25) is 4.79 Å². The Morgan fingerprint density at radius 2 is 1.89 bits per heavy atom. The summed E-state index contributed by atoms with van der Waals surface area (Å²) >= 11 is 0. The predicted octanol–water partition coefficient (Wildman–Crippen LogP) is 2.41. The van der Waals surface area contributed by atoms with Gasteiger partial charge in [-0.15, -0.1) is 0 Å². The predicted molar refractivity (Wildman–Crippen MR) is 74.1 cm³/mol. The van der Waals surface area contributed by atoms with Gasteiger partial charge in [-0.2, -0.15) is 0 Å². The summed E-state index contributed by atoms with van der Waals surface area (Å²) in [6, 6.07) is 0.194. The van der Waals surface area contributed by atoms with Crippen LogP contribution in [-0.2, 0) is 4.79 Å². The number of rotatable bonds is 5. The van der Waals surface area contributed by atoms with Gasteiger partial charge in [0.2, 0.25) is 0 Å². The molecule has 1 heterocycles. The molecule has 1 aliphatic rings. The number of nitrogens with zero attached hydrogens (tertiary/aromatic N) is 2. The second-order valence-corrected chi connectivity index (χ2v) is 5.47. The van der Waals surface area contributed by atoms with Crippen LogP contribution in [0.4, 0.5) is 4.79 Å². The molecule has 0 bridgehead atoms. The molecule has 0 aromatic rings. The van der Waals surface area contributed by atoms with Crippen molar-refractivity contribution in [3.8, 4) is 0 Å². The zero-order valence-electron chi connectivity index (χ0n) is 12.5. The van der Waals surface area contributed by atoms with Crippen LogP contribution in [0, 0.1) is 5.41 Å². The molecule has 1 aliphatic heterocycles. The van der Waals surface area contributed by atoms with Crippen LogP contribution in [0.2, 0.25) is 0 Å². The Bertz CT molecular complexity index is 342. The second kappa shape index (κ2) is 6.26. The number of carboxylic acids is 1. The van der Waals surface area contributed by atoms with Crippen LogP contribution >= 0.6 is 0 Å². The number of aliphatic carboxylic acids is 1. The number of hydrogen-bond donors (Lipinski definition) is 1. The average Bonchev–Trinajstić information content (AvgIpc) is 2.84. The molecule has 0 spiro atoms. The fourth-order valence-electron chi connectivity index (χ4n) is 2.87. The Balaban J connectivity index is 2.73. The highest BCUT2D eigenvalue weighted by atomic mass is 16.4. The second-order valence-electron chi connectivity index (χ2n) is 5.47. The van der Waals surface area contributed by atoms with Gasteiger partial charge < -0.3 is 14.9 Å². The molecule has 5 nitrogen and oxygen atoms in total. The summed E-state index contributed by atoms with van der Waals surface area (Å²) in [7, 11) is 1.81. The van der Waals surface area contributed by atoms with Crippen LogP contribution in [0.3, 0.4) is 0 Å². The largest absolute Gasteiger partial charge is 0.481 e. The zero-order valence-corrected chi connectivity index (χ0v) is 12.5. The van der Waals surface area contributed by atoms with Crippen LogP contribution < -0.4 is 0 Å². The summed E-state index contributed by atoms with van der Waals surface area (Å²) in [5, 5.41) is 9.35. The first kappa shape index (κ1) is 15.8. The monoisotopic (exact) mass is 270 g/mol. The number of hydrogen-bond acceptors (Lipinski definition) is 2. The average molecular weight is 270 g/mol. The van der Waals surface area contributed by atoms with Gasteiger partial charge in [0.05, 0.1) is 5.41 Å². The van der Waals surface area contributed by atoms with Crippen LogP contribution in [0.25, 0.3) is 0 Å². The molecule has 0 saturated carbocycles. The van der Waals surface area contributed by atoms with Crippen molar-refractivity contribution in [1.82, 2.24) is 9.80 Å². The lowest BCUT2D eigenvalue weighted by Gasteiger charge is -2.31. The first-order valence-electron chi connectivity index (χ1n) is 7.17. The number of carbonyl (C=O) groups excluding carboxylic acids is 1. The first-order valence-corrected chi connectivity index (χ1v) is 7.17. The van der Waals surface area contributed by atoms with Crippen LogP contribution in [0.15, 0.2) is 0 Å². The van der Waals surface area contributed by atoms with Crippen molar-refractivity contribution in [2.45, 2.75) is 52.5 Å². The Kier molecular flexibility index (Phi) is 5.20. The molecule has 1 N–H and O–H groups in total. The van der Waals surface area contributed by atoms with E-state index in [0.29, 0.717) is 25.9 Å². The van der Waals surface area contributed by atoms with Gasteiger partial charge in [0.25, 0.3) is 0 Å². The minimum Gasteiger partial charge on any atom is -0.481 e. The van der Waals surface area contributed by atoms with Crippen molar-refractivity contribution < 1.29 is 14.7 Å². The van der Waals surface area contributed by atoms with Gasteiger partial charge in [0.15, 0.2) is 0 Å². The van der Waals surface area contributed by atoms with E-state index in [1.54, 1.807) is 9.80 Å². The van der Waals surface area contributed by atoms with Gasteiger partial charge in [0.1, 0.15) is 0 Å². The third kappa shape index (κ3) is 3.01. The van der Waals surface area contributed by atoms with Gasteiger partial charge in [-0.25, -0.2) is 4.79 Å². The summed E-state index contributed by atoms with van der Waals surface area (Å²) in [4.78, 5) is 27.2. The molecule has 1 atom stereocenters. The highest BCUT2D eigenvalue weighted by molar-refractivity contribution is 5.79. The van der Waals surface area contributed by atoms with E-state index in [1.807, 2.05) is 14.0 Å². The molecule has 2 amide bonds. The molecular weight excluding hydrogens is 244 g/mol. The standard InChI is InChI=1S/C14H26N2O3/c1-5-11(6-2)15(4)13(19)16-9-8-14(7-3,10-16)12(17)18/h11H,5-10H2,1-4H3,(H,17,18). The molecule has 1 unspecified atom stereocenters. The van der Waals surface area contributed by atoms with E-state index in [2.05, 4.69) is 13.8 Å². The Hall–Kier alpha value is -1.26. The van der Waals surface area contributed by atoms with Crippen molar-refractivity contribution in [1.29, 1.82) is 0 Å². The number of urea groups is 1. The van der Waals surface area contributed by atoms with E-state index in [4.69, 9.17) is 0 Å². The third-order valence-corrected chi connectivity index (χ3v) is 4.55. The molecule has 19 heavy (non-hydrogen) atoms. The molecular formula is C14H26N2O3. The molecule has 1 saturated heterocycles. The van der Waals surface area contributed by atoms with Crippen LogP contribution in [-0.4, -0.2) is 53.1 Å². The van der Waals surface area contributed by atoms with E-state index >= 15 is 0 Å². The molecule has 110 valence electrons. The molecule has 5 heteroatoms. The summed E-state index contributed by atoms with van der Waals surface area (Å²) < 4.78 is 0. The van der Waals surface area contributed by atoms with E-state index in [9.17, 15) is 14.7 Å². The number of carbonyl (C=O) groups is 2. The molecule has 0 aromatic carbocycles. The van der Waals surface area contributed by atoms with E-state index in [-0.39, 0.29) is 12.1 Å². The molecule has 0 radical (unpaired) electrons. The SMILES string of the molecule is CCC(CC)N(C)C(=O)N1CCC(CC)(C(=O)O)C1. The van der Waals surface area contributed by atoms with Crippen molar-refractivity contribution in [2.24, 2.45) is 5.41 Å². The quantitative estimate of drug-likeness (QED) is 0.834. The Morgan fingerprint density at radius 3 is 2.26 bits per heavy atom. The van der Waals surface area contributed by atoms with Crippen LogP contribution in [0.5, 0.6) is 0 Å².